The van der Waals surface area contributed by atoms with Gasteiger partial charge < -0.3 is 10.1 Å². The van der Waals surface area contributed by atoms with E-state index in [9.17, 15) is 0 Å². The van der Waals surface area contributed by atoms with Crippen LogP contribution in [0.5, 0.6) is 5.75 Å². The van der Waals surface area contributed by atoms with E-state index >= 15 is 0 Å². The Bertz CT molecular complexity index is 353. The first-order valence-corrected chi connectivity index (χ1v) is 4.97. The molecule has 0 bridgehead atoms. The molecular weight excluding hydrogens is 188 g/mol. The molecule has 0 fully saturated rings. The first-order chi connectivity index (χ1) is 7.13. The van der Waals surface area contributed by atoms with Crippen LogP contribution in [-0.2, 0) is 0 Å². The number of nitrogens with one attached hydrogen (secondary N) is 1. The lowest BCUT2D eigenvalue weighted by molar-refractivity contribution is 0.415. The van der Waals surface area contributed by atoms with Gasteiger partial charge in [0.2, 0.25) is 0 Å². The van der Waals surface area contributed by atoms with E-state index in [0.717, 1.165) is 17.9 Å². The van der Waals surface area contributed by atoms with Gasteiger partial charge in [0.1, 0.15) is 11.3 Å². The van der Waals surface area contributed by atoms with Crippen molar-refractivity contribution in [2.75, 3.05) is 12.4 Å². The van der Waals surface area contributed by atoms with E-state index < -0.39 is 5.54 Å². The van der Waals surface area contributed by atoms with E-state index in [-0.39, 0.29) is 0 Å². The molecule has 1 rings (SSSR count). The van der Waals surface area contributed by atoms with Crippen LogP contribution in [0.3, 0.4) is 0 Å². The average molecular weight is 204 g/mol. The van der Waals surface area contributed by atoms with Crippen LogP contribution in [0.1, 0.15) is 20.3 Å². The highest BCUT2D eigenvalue weighted by molar-refractivity contribution is 5.49. The molecule has 15 heavy (non-hydrogen) atoms. The van der Waals surface area contributed by atoms with Crippen LogP contribution in [0.15, 0.2) is 24.3 Å². The summed E-state index contributed by atoms with van der Waals surface area (Å²) < 4.78 is 5.06. The van der Waals surface area contributed by atoms with Crippen LogP contribution < -0.4 is 10.1 Å². The van der Waals surface area contributed by atoms with Gasteiger partial charge in [0.25, 0.3) is 0 Å². The fraction of sp³-hybridized carbons (Fsp3) is 0.417. The predicted octanol–water partition coefficient (Wildman–Crippen LogP) is 2.80. The summed E-state index contributed by atoms with van der Waals surface area (Å²) in [5.74, 6) is 0.815. The Labute approximate surface area is 90.7 Å². The molecule has 0 saturated heterocycles. The van der Waals surface area contributed by atoms with Crippen molar-refractivity contribution in [2.45, 2.75) is 25.8 Å². The van der Waals surface area contributed by atoms with Crippen LogP contribution in [0.2, 0.25) is 0 Å². The van der Waals surface area contributed by atoms with Crippen LogP contribution >= 0.6 is 0 Å². The maximum atomic E-state index is 9.01. The first kappa shape index (κ1) is 11.4. The van der Waals surface area contributed by atoms with E-state index in [1.165, 1.54) is 0 Å². The Morgan fingerprint density at radius 3 is 2.40 bits per heavy atom. The first-order valence-electron chi connectivity index (χ1n) is 4.97. The van der Waals surface area contributed by atoms with Gasteiger partial charge in [-0.05, 0) is 37.6 Å². The van der Waals surface area contributed by atoms with Crippen molar-refractivity contribution in [3.8, 4) is 11.8 Å². The molecule has 0 aromatic heterocycles. The van der Waals surface area contributed by atoms with Gasteiger partial charge in [-0.3, -0.25) is 0 Å². The molecule has 0 heterocycles. The molecule has 3 nitrogen and oxygen atoms in total. The topological polar surface area (TPSA) is 45.0 Å². The van der Waals surface area contributed by atoms with Crippen LogP contribution in [-0.4, -0.2) is 12.6 Å². The van der Waals surface area contributed by atoms with Gasteiger partial charge in [-0.25, -0.2) is 0 Å². The maximum absolute atomic E-state index is 9.01. The molecule has 0 spiro atoms. The molecule has 0 unspecified atom stereocenters. The Hall–Kier alpha value is -1.69. The standard InChI is InChI=1S/C12H16N2O/c1-4-12(2,9-13)14-10-5-7-11(15-3)8-6-10/h5-8,14H,4H2,1-3H3/t12-/m0/s1. The minimum absolute atomic E-state index is 0.505. The Balaban J connectivity index is 2.77. The third-order valence-electron chi connectivity index (χ3n) is 2.46. The molecule has 0 saturated carbocycles. The highest BCUT2D eigenvalue weighted by Gasteiger charge is 2.20. The molecule has 1 aromatic carbocycles. The summed E-state index contributed by atoms with van der Waals surface area (Å²) in [6.07, 6.45) is 0.759. The second-order valence-corrected chi connectivity index (χ2v) is 3.65. The van der Waals surface area contributed by atoms with Crippen LogP contribution in [0.4, 0.5) is 5.69 Å². The third kappa shape index (κ3) is 2.88. The molecule has 80 valence electrons. The molecule has 0 aliphatic carbocycles. The van der Waals surface area contributed by atoms with Gasteiger partial charge in [0, 0.05) is 5.69 Å². The Morgan fingerprint density at radius 1 is 1.40 bits per heavy atom. The van der Waals surface area contributed by atoms with Crippen molar-refractivity contribution >= 4 is 5.69 Å². The second-order valence-electron chi connectivity index (χ2n) is 3.65. The number of rotatable bonds is 4. The molecular formula is C12H16N2O. The van der Waals surface area contributed by atoms with Crippen molar-refractivity contribution in [1.82, 2.24) is 0 Å². The van der Waals surface area contributed by atoms with Gasteiger partial charge in [0.15, 0.2) is 0 Å². The average Bonchev–Trinajstić information content (AvgIpc) is 2.30. The van der Waals surface area contributed by atoms with Crippen LogP contribution in [0, 0.1) is 11.3 Å². The second kappa shape index (κ2) is 4.70. The normalized spacial score (nSPS) is 13.7. The number of methoxy groups -OCH3 is 1. The zero-order valence-electron chi connectivity index (χ0n) is 9.37. The fourth-order valence-corrected chi connectivity index (χ4v) is 1.19. The molecule has 0 radical (unpaired) electrons. The Morgan fingerprint density at radius 2 is 2.00 bits per heavy atom. The predicted molar refractivity (Wildman–Crippen MR) is 60.9 cm³/mol. The van der Waals surface area contributed by atoms with Gasteiger partial charge in [-0.1, -0.05) is 6.92 Å². The van der Waals surface area contributed by atoms with E-state index in [0.29, 0.717) is 0 Å². The van der Waals surface area contributed by atoms with Crippen molar-refractivity contribution in [1.29, 1.82) is 5.26 Å². The van der Waals surface area contributed by atoms with E-state index in [2.05, 4.69) is 11.4 Å². The summed E-state index contributed by atoms with van der Waals surface area (Å²) in [7, 11) is 1.63. The van der Waals surface area contributed by atoms with Crippen molar-refractivity contribution in [3.05, 3.63) is 24.3 Å². The summed E-state index contributed by atoms with van der Waals surface area (Å²) in [5.41, 5.74) is 0.427. The SMILES string of the molecule is CC[C@@](C)(C#N)Nc1ccc(OC)cc1. The lowest BCUT2D eigenvalue weighted by atomic mass is 10.0. The van der Waals surface area contributed by atoms with Gasteiger partial charge in [-0.2, -0.15) is 5.26 Å². The summed E-state index contributed by atoms with van der Waals surface area (Å²) in [6.45, 7) is 3.87. The number of benzene rings is 1. The summed E-state index contributed by atoms with van der Waals surface area (Å²) >= 11 is 0. The number of hydrogen-bond donors (Lipinski definition) is 1. The number of nitriles is 1. The molecule has 0 amide bonds. The minimum Gasteiger partial charge on any atom is -0.497 e. The fourth-order valence-electron chi connectivity index (χ4n) is 1.19. The minimum atomic E-state index is -0.505. The van der Waals surface area contributed by atoms with Crippen molar-refractivity contribution in [2.24, 2.45) is 0 Å². The van der Waals surface area contributed by atoms with Gasteiger partial charge in [0.05, 0.1) is 13.2 Å². The van der Waals surface area contributed by atoms with E-state index in [1.54, 1.807) is 7.11 Å². The molecule has 0 aliphatic rings. The lowest BCUT2D eigenvalue weighted by Gasteiger charge is -2.22. The zero-order valence-corrected chi connectivity index (χ0v) is 9.37. The monoisotopic (exact) mass is 204 g/mol. The summed E-state index contributed by atoms with van der Waals surface area (Å²) in [5, 5.41) is 12.2. The van der Waals surface area contributed by atoms with Crippen molar-refractivity contribution in [3.63, 3.8) is 0 Å². The van der Waals surface area contributed by atoms with E-state index in [1.807, 2.05) is 38.1 Å². The quantitative estimate of drug-likeness (QED) is 0.820. The van der Waals surface area contributed by atoms with Gasteiger partial charge in [-0.15, -0.1) is 0 Å². The maximum Gasteiger partial charge on any atom is 0.122 e. The summed E-state index contributed by atoms with van der Waals surface area (Å²) in [6, 6.07) is 9.82. The number of ether oxygens (including phenoxy) is 1. The number of hydrogen-bond acceptors (Lipinski definition) is 3. The lowest BCUT2D eigenvalue weighted by Crippen LogP contribution is -2.31. The molecule has 0 aliphatic heterocycles. The highest BCUT2D eigenvalue weighted by atomic mass is 16.5. The Kier molecular flexibility index (Phi) is 3.56. The molecule has 1 atom stereocenters. The molecule has 1 aromatic rings. The smallest absolute Gasteiger partial charge is 0.122 e. The molecule has 3 heteroatoms. The zero-order chi connectivity index (χ0) is 11.3. The third-order valence-corrected chi connectivity index (χ3v) is 2.46. The highest BCUT2D eigenvalue weighted by Crippen LogP contribution is 2.20. The molecule has 1 N–H and O–H groups in total. The van der Waals surface area contributed by atoms with E-state index in [4.69, 9.17) is 10.00 Å². The van der Waals surface area contributed by atoms with Crippen molar-refractivity contribution < 1.29 is 4.74 Å². The summed E-state index contributed by atoms with van der Waals surface area (Å²) in [4.78, 5) is 0. The van der Waals surface area contributed by atoms with Crippen LogP contribution in [0.25, 0.3) is 0 Å². The largest absolute Gasteiger partial charge is 0.497 e. The number of anilines is 1. The van der Waals surface area contributed by atoms with Gasteiger partial charge >= 0.3 is 0 Å². The number of nitrogens with zero attached hydrogens (tertiary/aromatic N) is 1.